The number of fused-ring (bicyclic) bond motifs is 3. The molecule has 1 aliphatic heterocycles. The number of para-hydroxylation sites is 1. The van der Waals surface area contributed by atoms with E-state index in [9.17, 15) is 4.79 Å². The van der Waals surface area contributed by atoms with Gasteiger partial charge >= 0.3 is 5.97 Å². The molecule has 1 aromatic carbocycles. The number of benzene rings is 1. The maximum absolute atomic E-state index is 12.4. The van der Waals surface area contributed by atoms with Crippen molar-refractivity contribution in [1.82, 2.24) is 10.3 Å². The lowest BCUT2D eigenvalue weighted by atomic mass is 9.92. The van der Waals surface area contributed by atoms with Gasteiger partial charge in [-0.1, -0.05) is 25.1 Å². The van der Waals surface area contributed by atoms with Gasteiger partial charge in [-0.2, -0.15) is 0 Å². The average molecular weight is 298 g/mol. The topological polar surface area (TPSA) is 54.1 Å². The fraction of sp³-hybridized carbons (Fsp3) is 0.389. The van der Waals surface area contributed by atoms with Crippen LogP contribution in [0.3, 0.4) is 0 Å². The Morgan fingerprint density at radius 2 is 2.14 bits per heavy atom. The largest absolute Gasteiger partial charge is 0.459 e. The van der Waals surface area contributed by atoms with E-state index in [1.165, 1.54) is 10.9 Å². The van der Waals surface area contributed by atoms with Gasteiger partial charge in [0, 0.05) is 29.6 Å². The zero-order valence-corrected chi connectivity index (χ0v) is 13.3. The first-order chi connectivity index (χ1) is 10.6. The van der Waals surface area contributed by atoms with Crippen LogP contribution in [0.25, 0.3) is 16.5 Å². The Hall–Kier alpha value is -2.23. The van der Waals surface area contributed by atoms with E-state index in [0.29, 0.717) is 11.5 Å². The lowest BCUT2D eigenvalue weighted by Gasteiger charge is -2.14. The van der Waals surface area contributed by atoms with Gasteiger partial charge in [0.15, 0.2) is 0 Å². The summed E-state index contributed by atoms with van der Waals surface area (Å²) in [4.78, 5) is 15.9. The van der Waals surface area contributed by atoms with Gasteiger partial charge in [0.1, 0.15) is 0 Å². The number of carbonyl (C=O) groups is 1. The van der Waals surface area contributed by atoms with Crippen LogP contribution in [0.1, 0.15) is 44.4 Å². The Morgan fingerprint density at radius 3 is 2.86 bits per heavy atom. The molecule has 0 saturated carbocycles. The van der Waals surface area contributed by atoms with Gasteiger partial charge < -0.3 is 15.0 Å². The third-order valence-corrected chi connectivity index (χ3v) is 4.09. The number of nitrogens with one attached hydrogen (secondary N) is 2. The number of rotatable bonds is 3. The molecule has 2 heterocycles. The van der Waals surface area contributed by atoms with E-state index in [4.69, 9.17) is 4.74 Å². The maximum Gasteiger partial charge on any atom is 0.342 e. The number of ether oxygens (including phenoxy) is 1. The standard InChI is InChI=1S/C18H22N2O2/c1-4-12-9-19-10-14(18(21)22-11(2)3)17-16(12)13-7-5-6-8-15(13)20-17/h5-8,10-12,19-20H,4,9H2,1-3H3. The van der Waals surface area contributed by atoms with E-state index in [0.717, 1.165) is 24.2 Å². The summed E-state index contributed by atoms with van der Waals surface area (Å²) >= 11 is 0. The van der Waals surface area contributed by atoms with Crippen molar-refractivity contribution in [1.29, 1.82) is 0 Å². The third kappa shape index (κ3) is 2.49. The molecular formula is C18H22N2O2. The number of carbonyl (C=O) groups excluding carboxylic acids is 1. The van der Waals surface area contributed by atoms with Crippen molar-refractivity contribution in [3.63, 3.8) is 0 Å². The Labute approximate surface area is 130 Å². The van der Waals surface area contributed by atoms with Gasteiger partial charge in [0.2, 0.25) is 0 Å². The molecule has 1 unspecified atom stereocenters. The second-order valence-electron chi connectivity index (χ2n) is 5.98. The monoisotopic (exact) mass is 298 g/mol. The van der Waals surface area contributed by atoms with E-state index in [-0.39, 0.29) is 12.1 Å². The highest BCUT2D eigenvalue weighted by Gasteiger charge is 2.27. The first-order valence-electron chi connectivity index (χ1n) is 7.87. The Kier molecular flexibility index (Phi) is 3.92. The lowest BCUT2D eigenvalue weighted by Crippen LogP contribution is -2.15. The summed E-state index contributed by atoms with van der Waals surface area (Å²) in [6, 6.07) is 8.21. The van der Waals surface area contributed by atoms with Crippen LogP contribution in [0.15, 0.2) is 30.5 Å². The first-order valence-corrected chi connectivity index (χ1v) is 7.87. The number of hydrogen-bond acceptors (Lipinski definition) is 3. The van der Waals surface area contributed by atoms with Crippen molar-refractivity contribution >= 4 is 22.4 Å². The van der Waals surface area contributed by atoms with Crippen molar-refractivity contribution < 1.29 is 9.53 Å². The molecule has 0 amide bonds. The van der Waals surface area contributed by atoms with Crippen LogP contribution in [0.5, 0.6) is 0 Å². The normalized spacial score (nSPS) is 17.6. The highest BCUT2D eigenvalue weighted by Crippen LogP contribution is 2.36. The van der Waals surface area contributed by atoms with Gasteiger partial charge in [0.25, 0.3) is 0 Å². The van der Waals surface area contributed by atoms with Gasteiger partial charge in [-0.05, 0) is 31.9 Å². The molecule has 2 aromatic rings. The van der Waals surface area contributed by atoms with E-state index in [1.807, 2.05) is 26.0 Å². The molecule has 0 spiro atoms. The summed E-state index contributed by atoms with van der Waals surface area (Å²) in [6.45, 7) is 6.73. The van der Waals surface area contributed by atoms with Crippen LogP contribution in [0.2, 0.25) is 0 Å². The maximum atomic E-state index is 12.4. The van der Waals surface area contributed by atoms with Gasteiger partial charge in [-0.3, -0.25) is 0 Å². The SMILES string of the molecule is CCC1CNC=C(C(=O)OC(C)C)c2[nH]c3ccccc3c21. The number of H-pyrrole nitrogens is 1. The van der Waals surface area contributed by atoms with Gasteiger partial charge in [0.05, 0.1) is 17.4 Å². The number of esters is 1. The van der Waals surface area contributed by atoms with E-state index in [2.05, 4.69) is 29.4 Å². The third-order valence-electron chi connectivity index (χ3n) is 4.09. The van der Waals surface area contributed by atoms with Crippen LogP contribution in [0, 0.1) is 0 Å². The zero-order valence-electron chi connectivity index (χ0n) is 13.3. The van der Waals surface area contributed by atoms with Crippen molar-refractivity contribution in [3.05, 3.63) is 41.7 Å². The van der Waals surface area contributed by atoms with Gasteiger partial charge in [-0.15, -0.1) is 0 Å². The molecule has 1 aromatic heterocycles. The molecule has 4 heteroatoms. The minimum atomic E-state index is -0.285. The molecule has 22 heavy (non-hydrogen) atoms. The van der Waals surface area contributed by atoms with Gasteiger partial charge in [-0.25, -0.2) is 4.79 Å². The highest BCUT2D eigenvalue weighted by molar-refractivity contribution is 6.17. The minimum Gasteiger partial charge on any atom is -0.459 e. The second-order valence-corrected chi connectivity index (χ2v) is 5.98. The molecular weight excluding hydrogens is 276 g/mol. The van der Waals surface area contributed by atoms with E-state index < -0.39 is 0 Å². The predicted molar refractivity (Wildman–Crippen MR) is 88.5 cm³/mol. The number of aromatic amines is 1. The number of hydrogen-bond donors (Lipinski definition) is 2. The van der Waals surface area contributed by atoms with E-state index >= 15 is 0 Å². The summed E-state index contributed by atoms with van der Waals surface area (Å²) in [7, 11) is 0. The molecule has 2 N–H and O–H groups in total. The quantitative estimate of drug-likeness (QED) is 0.852. The van der Waals surface area contributed by atoms with Crippen LogP contribution >= 0.6 is 0 Å². The molecule has 1 aliphatic rings. The number of aromatic nitrogens is 1. The smallest absolute Gasteiger partial charge is 0.342 e. The molecule has 0 radical (unpaired) electrons. The fourth-order valence-corrected chi connectivity index (χ4v) is 3.06. The Bertz CT molecular complexity index is 728. The van der Waals surface area contributed by atoms with Crippen LogP contribution < -0.4 is 5.32 Å². The van der Waals surface area contributed by atoms with Crippen molar-refractivity contribution in [2.75, 3.05) is 6.54 Å². The van der Waals surface area contributed by atoms with Crippen LogP contribution in [-0.2, 0) is 9.53 Å². The molecule has 0 aliphatic carbocycles. The summed E-state index contributed by atoms with van der Waals surface area (Å²) in [5, 5.41) is 4.46. The molecule has 116 valence electrons. The summed E-state index contributed by atoms with van der Waals surface area (Å²) in [6.07, 6.45) is 2.67. The van der Waals surface area contributed by atoms with Crippen LogP contribution in [-0.4, -0.2) is 23.6 Å². The Balaban J connectivity index is 2.15. The first kappa shape index (κ1) is 14.7. The summed E-state index contributed by atoms with van der Waals surface area (Å²) < 4.78 is 5.40. The van der Waals surface area contributed by atoms with E-state index in [1.54, 1.807) is 6.20 Å². The highest BCUT2D eigenvalue weighted by atomic mass is 16.5. The fourth-order valence-electron chi connectivity index (χ4n) is 3.06. The average Bonchev–Trinajstić information content (AvgIpc) is 2.76. The van der Waals surface area contributed by atoms with Crippen molar-refractivity contribution in [3.8, 4) is 0 Å². The molecule has 0 fully saturated rings. The summed E-state index contributed by atoms with van der Waals surface area (Å²) in [5.74, 6) is 0.0822. The molecule has 1 atom stereocenters. The van der Waals surface area contributed by atoms with Crippen LogP contribution in [0.4, 0.5) is 0 Å². The minimum absolute atomic E-state index is 0.133. The summed E-state index contributed by atoms with van der Waals surface area (Å²) in [5.41, 5.74) is 3.76. The predicted octanol–water partition coefficient (Wildman–Crippen LogP) is 3.56. The van der Waals surface area contributed by atoms with Crippen molar-refractivity contribution in [2.45, 2.75) is 39.2 Å². The molecule has 4 nitrogen and oxygen atoms in total. The Morgan fingerprint density at radius 1 is 1.36 bits per heavy atom. The van der Waals surface area contributed by atoms with Crippen molar-refractivity contribution in [2.24, 2.45) is 0 Å². The molecule has 0 saturated heterocycles. The molecule has 0 bridgehead atoms. The molecule has 3 rings (SSSR count). The zero-order chi connectivity index (χ0) is 15.7. The lowest BCUT2D eigenvalue weighted by molar-refractivity contribution is -0.140. The second kappa shape index (κ2) is 5.87.